The normalized spacial score (nSPS) is 13.7. The van der Waals surface area contributed by atoms with Crippen molar-refractivity contribution in [3.05, 3.63) is 49.4 Å². The van der Waals surface area contributed by atoms with Gasteiger partial charge in [-0.3, -0.25) is 9.80 Å². The second-order valence-electron chi connectivity index (χ2n) is 5.63. The van der Waals surface area contributed by atoms with Gasteiger partial charge in [0.25, 0.3) is 5.56 Å². The van der Waals surface area contributed by atoms with Crippen LogP contribution in [-0.2, 0) is 12.3 Å². The number of fused-ring (bicyclic) bond motifs is 1. The van der Waals surface area contributed by atoms with Gasteiger partial charge in [-0.1, -0.05) is 29.6 Å². The number of anilines is 1. The van der Waals surface area contributed by atoms with E-state index < -0.39 is 18.3 Å². The standard InChI is InChI=1S/C16H11F3IN5OS2/c1-24-12-6-22-25(8-16(17,18)19)14(26)13(12)28-15(23-24)27-7-9-2-3-11(20)4-10(9)5-21/h2-4,6H,7-8H2,1H3. The van der Waals surface area contributed by atoms with Gasteiger partial charge in [0.2, 0.25) is 0 Å². The SMILES string of the molecule is CN1N=C(SCc2ccc(I)cc2C#N)Sc2c1cnn(CC(F)(F)F)c2=O. The summed E-state index contributed by atoms with van der Waals surface area (Å²) in [6, 6.07) is 7.65. The van der Waals surface area contributed by atoms with Gasteiger partial charge in [-0.25, -0.2) is 4.68 Å². The number of hydrogen-bond acceptors (Lipinski definition) is 7. The highest BCUT2D eigenvalue weighted by Crippen LogP contribution is 2.37. The van der Waals surface area contributed by atoms with E-state index in [1.165, 1.54) is 23.0 Å². The number of halogens is 4. The minimum Gasteiger partial charge on any atom is -0.266 e. The second kappa shape index (κ2) is 8.34. The van der Waals surface area contributed by atoms with E-state index in [4.69, 9.17) is 0 Å². The molecule has 3 rings (SSSR count). The van der Waals surface area contributed by atoms with E-state index in [0.717, 1.165) is 20.9 Å². The molecule has 12 heteroatoms. The zero-order valence-corrected chi connectivity index (χ0v) is 18.0. The molecule has 0 amide bonds. The average molecular weight is 537 g/mol. The summed E-state index contributed by atoms with van der Waals surface area (Å²) in [6.07, 6.45) is -3.34. The van der Waals surface area contributed by atoms with Crippen molar-refractivity contribution < 1.29 is 13.2 Å². The van der Waals surface area contributed by atoms with Crippen molar-refractivity contribution in [2.75, 3.05) is 12.1 Å². The lowest BCUT2D eigenvalue weighted by Crippen LogP contribution is -2.33. The van der Waals surface area contributed by atoms with Gasteiger partial charge < -0.3 is 0 Å². The second-order valence-corrected chi connectivity index (χ2v) is 9.10. The van der Waals surface area contributed by atoms with Crippen LogP contribution >= 0.6 is 46.1 Å². The molecule has 0 N–H and O–H groups in total. The zero-order chi connectivity index (χ0) is 20.5. The van der Waals surface area contributed by atoms with Crippen LogP contribution in [0.1, 0.15) is 11.1 Å². The van der Waals surface area contributed by atoms with E-state index in [1.54, 1.807) is 13.1 Å². The largest absolute Gasteiger partial charge is 0.408 e. The molecule has 1 aromatic carbocycles. The quantitative estimate of drug-likeness (QED) is 0.551. The number of alkyl halides is 3. The molecule has 0 fully saturated rings. The van der Waals surface area contributed by atoms with E-state index in [9.17, 15) is 23.2 Å². The van der Waals surface area contributed by atoms with Crippen LogP contribution in [0, 0.1) is 14.9 Å². The monoisotopic (exact) mass is 537 g/mol. The molecule has 1 aliphatic rings. The van der Waals surface area contributed by atoms with E-state index in [-0.39, 0.29) is 4.90 Å². The Labute approximate surface area is 179 Å². The molecule has 28 heavy (non-hydrogen) atoms. The molecule has 0 aliphatic carbocycles. The van der Waals surface area contributed by atoms with Crippen LogP contribution in [0.4, 0.5) is 18.9 Å². The summed E-state index contributed by atoms with van der Waals surface area (Å²) in [7, 11) is 1.60. The third-order valence-electron chi connectivity index (χ3n) is 3.62. The summed E-state index contributed by atoms with van der Waals surface area (Å²) in [5.41, 5.74) is 0.900. The Balaban J connectivity index is 1.82. The van der Waals surface area contributed by atoms with Crippen LogP contribution in [0.25, 0.3) is 0 Å². The lowest BCUT2D eigenvalue weighted by atomic mass is 10.1. The van der Waals surface area contributed by atoms with Crippen molar-refractivity contribution >= 4 is 56.2 Å². The number of hydrazone groups is 1. The fourth-order valence-corrected chi connectivity index (χ4v) is 5.02. The number of hydrogen-bond donors (Lipinski definition) is 0. The first-order valence-electron chi connectivity index (χ1n) is 7.66. The minimum atomic E-state index is -4.54. The molecule has 0 radical (unpaired) electrons. The van der Waals surface area contributed by atoms with Gasteiger partial charge >= 0.3 is 6.18 Å². The van der Waals surface area contributed by atoms with Gasteiger partial charge in [-0.05, 0) is 40.3 Å². The van der Waals surface area contributed by atoms with Crippen molar-refractivity contribution in [2.45, 2.75) is 23.4 Å². The Morgan fingerprint density at radius 1 is 1.39 bits per heavy atom. The predicted octanol–water partition coefficient (Wildman–Crippen LogP) is 4.03. The summed E-state index contributed by atoms with van der Waals surface area (Å²) in [6.45, 7) is -1.45. The van der Waals surface area contributed by atoms with Crippen molar-refractivity contribution in [3.63, 3.8) is 0 Å². The maximum absolute atomic E-state index is 12.6. The molecule has 2 aromatic rings. The van der Waals surface area contributed by atoms with Crippen molar-refractivity contribution in [1.29, 1.82) is 5.26 Å². The van der Waals surface area contributed by atoms with Gasteiger partial charge in [-0.2, -0.15) is 28.6 Å². The van der Waals surface area contributed by atoms with Crippen LogP contribution in [0.2, 0.25) is 0 Å². The van der Waals surface area contributed by atoms with Gasteiger partial charge in [0.05, 0.1) is 23.5 Å². The molecule has 0 unspecified atom stereocenters. The number of rotatable bonds is 3. The third kappa shape index (κ3) is 4.81. The average Bonchev–Trinajstić information content (AvgIpc) is 2.62. The van der Waals surface area contributed by atoms with Gasteiger partial charge in [-0.15, -0.1) is 0 Å². The first-order chi connectivity index (χ1) is 13.2. The maximum atomic E-state index is 12.6. The van der Waals surface area contributed by atoms with Crippen LogP contribution in [0.5, 0.6) is 0 Å². The van der Waals surface area contributed by atoms with E-state index >= 15 is 0 Å². The number of aromatic nitrogens is 2. The van der Waals surface area contributed by atoms with Crippen molar-refractivity contribution in [3.8, 4) is 6.07 Å². The van der Waals surface area contributed by atoms with E-state index in [1.807, 2.05) is 12.1 Å². The molecule has 0 bridgehead atoms. The first kappa shape index (κ1) is 21.0. The smallest absolute Gasteiger partial charge is 0.266 e. The Hall–Kier alpha value is -1.72. The number of thioether (sulfide) groups is 2. The highest BCUT2D eigenvalue weighted by atomic mass is 127. The number of nitriles is 1. The van der Waals surface area contributed by atoms with Crippen molar-refractivity contribution in [2.24, 2.45) is 5.10 Å². The van der Waals surface area contributed by atoms with Gasteiger partial charge in [0.15, 0.2) is 4.38 Å². The summed E-state index contributed by atoms with van der Waals surface area (Å²) in [4.78, 5) is 12.6. The first-order valence-corrected chi connectivity index (χ1v) is 10.5. The summed E-state index contributed by atoms with van der Waals surface area (Å²) in [5, 5.41) is 18.6. The molecule has 0 spiro atoms. The maximum Gasteiger partial charge on any atom is 0.408 e. The van der Waals surface area contributed by atoms with Crippen LogP contribution in [0.15, 0.2) is 39.2 Å². The topological polar surface area (TPSA) is 74.3 Å². The highest BCUT2D eigenvalue weighted by Gasteiger charge is 2.31. The zero-order valence-electron chi connectivity index (χ0n) is 14.2. The van der Waals surface area contributed by atoms with Gasteiger partial charge in [0, 0.05) is 16.4 Å². The van der Waals surface area contributed by atoms with Crippen LogP contribution in [0.3, 0.4) is 0 Å². The molecule has 1 aromatic heterocycles. The van der Waals surface area contributed by atoms with E-state index in [0.29, 0.717) is 26.1 Å². The lowest BCUT2D eigenvalue weighted by Gasteiger charge is -2.23. The summed E-state index contributed by atoms with van der Waals surface area (Å²) < 4.78 is 39.8. The highest BCUT2D eigenvalue weighted by molar-refractivity contribution is 14.1. The molecule has 2 heterocycles. The lowest BCUT2D eigenvalue weighted by molar-refractivity contribution is -0.143. The number of benzene rings is 1. The van der Waals surface area contributed by atoms with Crippen LogP contribution in [-0.4, -0.2) is 27.4 Å². The molecule has 6 nitrogen and oxygen atoms in total. The molecule has 146 valence electrons. The Kier molecular flexibility index (Phi) is 6.25. The third-order valence-corrected chi connectivity index (χ3v) is 6.53. The van der Waals surface area contributed by atoms with Crippen molar-refractivity contribution in [1.82, 2.24) is 9.78 Å². The molecule has 1 aliphatic heterocycles. The molecule has 0 atom stereocenters. The molecule has 0 saturated heterocycles. The number of nitrogens with zero attached hydrogens (tertiary/aromatic N) is 5. The predicted molar refractivity (Wildman–Crippen MR) is 111 cm³/mol. The summed E-state index contributed by atoms with van der Waals surface area (Å²) in [5.74, 6) is 0.441. The molecular weight excluding hydrogens is 526 g/mol. The van der Waals surface area contributed by atoms with E-state index in [2.05, 4.69) is 38.9 Å². The fourth-order valence-electron chi connectivity index (χ4n) is 2.33. The fraction of sp³-hybridized carbons (Fsp3) is 0.250. The summed E-state index contributed by atoms with van der Waals surface area (Å²) >= 11 is 4.44. The Bertz CT molecular complexity index is 1050. The Morgan fingerprint density at radius 3 is 2.82 bits per heavy atom. The molecular formula is C16H11F3IN5OS2. The minimum absolute atomic E-state index is 0.141. The molecule has 0 saturated carbocycles. The van der Waals surface area contributed by atoms with Crippen LogP contribution < -0.4 is 10.6 Å². The Morgan fingerprint density at radius 2 is 2.14 bits per heavy atom. The van der Waals surface area contributed by atoms with Gasteiger partial charge in [0.1, 0.15) is 11.4 Å².